The first kappa shape index (κ1) is 30.3. The number of hydrogen-bond acceptors (Lipinski definition) is 6. The maximum atomic E-state index is 13.1. The molecule has 8 nitrogen and oxygen atoms in total. The van der Waals surface area contributed by atoms with Gasteiger partial charge >= 0.3 is 0 Å². The maximum absolute atomic E-state index is 13.1. The molecule has 0 spiro atoms. The number of benzene rings is 3. The monoisotopic (exact) mass is 602 g/mol. The molecule has 0 aliphatic carbocycles. The van der Waals surface area contributed by atoms with Gasteiger partial charge in [-0.2, -0.15) is 0 Å². The van der Waals surface area contributed by atoms with Gasteiger partial charge in [-0.25, -0.2) is 4.98 Å². The zero-order chi connectivity index (χ0) is 31.0. The number of imidazole rings is 1. The highest BCUT2D eigenvalue weighted by atomic mass is 16.5. The number of H-pyrrole nitrogens is 1. The molecule has 2 aromatic heterocycles. The molecule has 1 saturated heterocycles. The smallest absolute Gasteiger partial charge is 0.253 e. The molecule has 232 valence electrons. The number of likely N-dealkylation sites (tertiary alicyclic amines) is 1. The molecule has 3 heterocycles. The molecular weight excluding hydrogens is 560 g/mol. The van der Waals surface area contributed by atoms with Crippen LogP contribution in [0.1, 0.15) is 52.2 Å². The molecule has 45 heavy (non-hydrogen) atoms. The number of hydrogen-bond donors (Lipinski definition) is 2. The molecule has 8 heteroatoms. The van der Waals surface area contributed by atoms with E-state index in [1.165, 1.54) is 16.7 Å². The first-order valence-corrected chi connectivity index (χ1v) is 15.9. The molecule has 1 fully saturated rings. The van der Waals surface area contributed by atoms with Crippen LogP contribution in [0.4, 0.5) is 5.95 Å². The van der Waals surface area contributed by atoms with E-state index in [1.54, 1.807) is 13.3 Å². The number of amides is 1. The van der Waals surface area contributed by atoms with Crippen molar-refractivity contribution in [3.63, 3.8) is 0 Å². The number of pyridine rings is 1. The van der Waals surface area contributed by atoms with Crippen LogP contribution in [0.5, 0.6) is 5.75 Å². The van der Waals surface area contributed by atoms with Gasteiger partial charge in [-0.3, -0.25) is 9.78 Å². The SMILES string of the molecule is COc1ccc(C(CCN2CCC(Nc3nc4c(Cc5cccnc5)cccc4[nH]3)CC2)CN(C)C(=O)c2ccccc2)cc1. The number of rotatable bonds is 12. The summed E-state index contributed by atoms with van der Waals surface area (Å²) in [7, 11) is 3.59. The zero-order valence-electron chi connectivity index (χ0n) is 26.2. The number of anilines is 1. The molecule has 0 radical (unpaired) electrons. The van der Waals surface area contributed by atoms with Crippen molar-refractivity contribution in [3.05, 3.63) is 120 Å². The van der Waals surface area contributed by atoms with E-state index in [0.29, 0.717) is 12.6 Å². The lowest BCUT2D eigenvalue weighted by atomic mass is 9.94. The van der Waals surface area contributed by atoms with Crippen LogP contribution in [-0.2, 0) is 6.42 Å². The highest BCUT2D eigenvalue weighted by molar-refractivity contribution is 5.94. The summed E-state index contributed by atoms with van der Waals surface area (Å²) in [5, 5.41) is 3.68. The van der Waals surface area contributed by atoms with Crippen molar-refractivity contribution in [3.8, 4) is 5.75 Å². The van der Waals surface area contributed by atoms with Gasteiger partial charge in [0.15, 0.2) is 0 Å². The van der Waals surface area contributed by atoms with Gasteiger partial charge in [0.25, 0.3) is 5.91 Å². The van der Waals surface area contributed by atoms with Crippen LogP contribution < -0.4 is 10.1 Å². The predicted octanol–water partition coefficient (Wildman–Crippen LogP) is 6.38. The largest absolute Gasteiger partial charge is 0.497 e. The van der Waals surface area contributed by atoms with Gasteiger partial charge in [0, 0.05) is 63.0 Å². The van der Waals surface area contributed by atoms with E-state index in [9.17, 15) is 4.79 Å². The summed E-state index contributed by atoms with van der Waals surface area (Å²) in [4.78, 5) is 30.3. The highest BCUT2D eigenvalue weighted by Crippen LogP contribution is 2.26. The van der Waals surface area contributed by atoms with E-state index in [2.05, 4.69) is 56.6 Å². The lowest BCUT2D eigenvalue weighted by Gasteiger charge is -2.33. The van der Waals surface area contributed by atoms with E-state index < -0.39 is 0 Å². The predicted molar refractivity (Wildman–Crippen MR) is 180 cm³/mol. The zero-order valence-corrected chi connectivity index (χ0v) is 26.2. The normalized spacial score (nSPS) is 14.7. The van der Waals surface area contributed by atoms with Crippen LogP contribution in [-0.4, -0.2) is 77.0 Å². The van der Waals surface area contributed by atoms with Crippen molar-refractivity contribution < 1.29 is 9.53 Å². The lowest BCUT2D eigenvalue weighted by molar-refractivity contribution is 0.0782. The third-order valence-electron chi connectivity index (χ3n) is 8.88. The second-order valence-corrected chi connectivity index (χ2v) is 12.0. The number of aromatic nitrogens is 3. The minimum Gasteiger partial charge on any atom is -0.497 e. The minimum atomic E-state index is 0.0517. The standard InChI is InChI=1S/C37H42N6O2/c1-42(36(44)29-9-4-3-5-10-29)26-31(28-13-15-33(45-2)16-14-28)17-21-43-22-18-32(19-23-43)39-37-40-34-12-6-11-30(35(34)41-37)24-27-8-7-20-38-25-27/h3-16,20,25,31-32H,17-19,21-24,26H2,1-2H3,(H2,39,40,41). The Kier molecular flexibility index (Phi) is 9.71. The summed E-state index contributed by atoms with van der Waals surface area (Å²) >= 11 is 0. The molecular formula is C37H42N6O2. The van der Waals surface area contributed by atoms with E-state index in [1.807, 2.05) is 66.7 Å². The van der Waals surface area contributed by atoms with E-state index in [-0.39, 0.29) is 11.8 Å². The van der Waals surface area contributed by atoms with Crippen LogP contribution in [0, 0.1) is 0 Å². The first-order valence-electron chi connectivity index (χ1n) is 15.9. The van der Waals surface area contributed by atoms with Crippen LogP contribution in [0.3, 0.4) is 0 Å². The Morgan fingerprint density at radius 2 is 1.82 bits per heavy atom. The molecule has 0 saturated carbocycles. The fraction of sp³-hybridized carbons (Fsp3) is 0.324. The second kappa shape index (κ2) is 14.4. The Bertz CT molecular complexity index is 1660. The van der Waals surface area contributed by atoms with Gasteiger partial charge in [0.05, 0.1) is 18.1 Å². The minimum absolute atomic E-state index is 0.0517. The average Bonchev–Trinajstić information content (AvgIpc) is 3.51. The number of likely N-dealkylation sites (N-methyl/N-ethyl adjacent to an activating group) is 1. The van der Waals surface area contributed by atoms with Crippen molar-refractivity contribution >= 4 is 22.9 Å². The van der Waals surface area contributed by atoms with Crippen molar-refractivity contribution in [1.82, 2.24) is 24.8 Å². The first-order chi connectivity index (χ1) is 22.1. The van der Waals surface area contributed by atoms with Gasteiger partial charge < -0.3 is 24.8 Å². The molecule has 1 atom stereocenters. The number of carbonyl (C=O) groups is 1. The molecule has 1 aliphatic rings. The van der Waals surface area contributed by atoms with Crippen molar-refractivity contribution in [2.24, 2.45) is 0 Å². The molecule has 0 bridgehead atoms. The number of fused-ring (bicyclic) bond motifs is 1. The Morgan fingerprint density at radius 3 is 2.56 bits per heavy atom. The summed E-state index contributed by atoms with van der Waals surface area (Å²) in [5.41, 5.74) is 6.39. The van der Waals surface area contributed by atoms with Gasteiger partial charge in [-0.1, -0.05) is 48.5 Å². The Labute approximate surface area is 265 Å². The second-order valence-electron chi connectivity index (χ2n) is 12.0. The fourth-order valence-electron chi connectivity index (χ4n) is 6.31. The van der Waals surface area contributed by atoms with E-state index in [0.717, 1.165) is 73.6 Å². The number of piperidine rings is 1. The van der Waals surface area contributed by atoms with Gasteiger partial charge in [-0.15, -0.1) is 0 Å². The van der Waals surface area contributed by atoms with Crippen molar-refractivity contribution in [1.29, 1.82) is 0 Å². The molecule has 3 aromatic carbocycles. The number of nitrogens with zero attached hydrogens (tertiary/aromatic N) is 4. The van der Waals surface area contributed by atoms with E-state index >= 15 is 0 Å². The van der Waals surface area contributed by atoms with Crippen LogP contribution in [0.15, 0.2) is 97.3 Å². The van der Waals surface area contributed by atoms with Crippen molar-refractivity contribution in [2.45, 2.75) is 37.6 Å². The van der Waals surface area contributed by atoms with Crippen LogP contribution >= 0.6 is 0 Å². The Morgan fingerprint density at radius 1 is 1.02 bits per heavy atom. The van der Waals surface area contributed by atoms with Gasteiger partial charge in [0.2, 0.25) is 5.95 Å². The number of nitrogens with one attached hydrogen (secondary N) is 2. The molecule has 6 rings (SSSR count). The number of carbonyl (C=O) groups excluding carboxylic acids is 1. The molecule has 5 aromatic rings. The fourth-order valence-corrected chi connectivity index (χ4v) is 6.31. The number of ether oxygens (including phenoxy) is 1. The maximum Gasteiger partial charge on any atom is 0.253 e. The number of methoxy groups -OCH3 is 1. The summed E-state index contributed by atoms with van der Waals surface area (Å²) in [6.45, 7) is 3.70. The van der Waals surface area contributed by atoms with E-state index in [4.69, 9.17) is 9.72 Å². The van der Waals surface area contributed by atoms with Crippen LogP contribution in [0.2, 0.25) is 0 Å². The summed E-state index contributed by atoms with van der Waals surface area (Å²) in [6, 6.07) is 28.6. The van der Waals surface area contributed by atoms with Crippen LogP contribution in [0.25, 0.3) is 11.0 Å². The molecule has 2 N–H and O–H groups in total. The molecule has 1 amide bonds. The topological polar surface area (TPSA) is 86.4 Å². The third kappa shape index (κ3) is 7.70. The quantitative estimate of drug-likeness (QED) is 0.172. The van der Waals surface area contributed by atoms with Gasteiger partial charge in [-0.05, 0) is 78.9 Å². The Hall–Kier alpha value is -4.69. The molecule has 1 aliphatic heterocycles. The van der Waals surface area contributed by atoms with Gasteiger partial charge in [0.1, 0.15) is 5.75 Å². The Balaban J connectivity index is 1.05. The summed E-state index contributed by atoms with van der Waals surface area (Å²) in [5.74, 6) is 1.96. The summed E-state index contributed by atoms with van der Waals surface area (Å²) in [6.07, 6.45) is 7.61. The number of aromatic amines is 1. The highest BCUT2D eigenvalue weighted by Gasteiger charge is 2.23. The summed E-state index contributed by atoms with van der Waals surface area (Å²) < 4.78 is 5.39. The third-order valence-corrected chi connectivity index (χ3v) is 8.88. The number of para-hydroxylation sites is 1. The lowest BCUT2D eigenvalue weighted by Crippen LogP contribution is -2.40. The van der Waals surface area contributed by atoms with Crippen molar-refractivity contribution in [2.75, 3.05) is 45.7 Å². The molecule has 1 unspecified atom stereocenters. The average molecular weight is 603 g/mol.